The Bertz CT molecular complexity index is 1570. The van der Waals surface area contributed by atoms with Crippen LogP contribution in [-0.2, 0) is 13.6 Å². The molecule has 5 aromatic rings. The fraction of sp³-hybridized carbons (Fsp3) is 0.154. The molecule has 4 aromatic heterocycles. The second-order valence-corrected chi connectivity index (χ2v) is 9.31. The molecule has 0 fully saturated rings. The quantitative estimate of drug-likeness (QED) is 0.312. The lowest BCUT2D eigenvalue weighted by molar-refractivity contribution is 0.0951. The average molecular weight is 505 g/mol. The van der Waals surface area contributed by atoms with Crippen molar-refractivity contribution >= 4 is 40.1 Å². The lowest BCUT2D eigenvalue weighted by Gasteiger charge is -2.11. The Morgan fingerprint density at radius 2 is 1.80 bits per heavy atom. The number of benzene rings is 1. The van der Waals surface area contributed by atoms with Gasteiger partial charge < -0.3 is 10.3 Å². The van der Waals surface area contributed by atoms with E-state index in [1.165, 1.54) is 5.56 Å². The number of pyridine rings is 2. The van der Waals surface area contributed by atoms with Crippen LogP contribution in [0.5, 0.6) is 0 Å². The summed E-state index contributed by atoms with van der Waals surface area (Å²) in [7, 11) is 1.82. The lowest BCUT2D eigenvalue weighted by atomic mass is 10.0. The monoisotopic (exact) mass is 504 g/mol. The van der Waals surface area contributed by atoms with Crippen molar-refractivity contribution in [1.29, 1.82) is 0 Å². The Hall–Kier alpha value is -3.68. The molecule has 5 rings (SSSR count). The molecule has 0 radical (unpaired) electrons. The van der Waals surface area contributed by atoms with Gasteiger partial charge in [-0.15, -0.1) is 0 Å². The zero-order chi connectivity index (χ0) is 24.7. The van der Waals surface area contributed by atoms with Crippen LogP contribution in [0, 0.1) is 13.8 Å². The number of fused-ring (bicyclic) bond motifs is 1. The number of hydrogen-bond acceptors (Lipinski definition) is 4. The number of aromatic amines is 1. The number of amides is 1. The van der Waals surface area contributed by atoms with E-state index >= 15 is 0 Å². The van der Waals surface area contributed by atoms with Gasteiger partial charge >= 0.3 is 0 Å². The standard InChI is InChI=1S/C26H22Cl2N6O/c1-14-15(2)32-25-22(14)5-4-21(33-25)12-30-26(35)23-8-17(16-6-19(27)9-20(28)7-16)10-29-24(23)18-11-31-34(3)13-18/h4-11,13H,12H2,1-3H3,(H,30,35)(H,32,33). The second-order valence-electron chi connectivity index (χ2n) is 8.44. The summed E-state index contributed by atoms with van der Waals surface area (Å²) in [5, 5.41) is 9.30. The van der Waals surface area contributed by atoms with Crippen LogP contribution in [0.25, 0.3) is 33.4 Å². The molecular weight excluding hydrogens is 483 g/mol. The van der Waals surface area contributed by atoms with Crippen molar-refractivity contribution in [2.24, 2.45) is 7.05 Å². The summed E-state index contributed by atoms with van der Waals surface area (Å²) in [6, 6.07) is 11.0. The van der Waals surface area contributed by atoms with Crippen LogP contribution in [0.3, 0.4) is 0 Å². The zero-order valence-corrected chi connectivity index (χ0v) is 20.9. The summed E-state index contributed by atoms with van der Waals surface area (Å²) >= 11 is 12.4. The summed E-state index contributed by atoms with van der Waals surface area (Å²) in [6.07, 6.45) is 5.20. The first-order valence-corrected chi connectivity index (χ1v) is 11.7. The number of H-pyrrole nitrogens is 1. The van der Waals surface area contributed by atoms with Crippen LogP contribution < -0.4 is 5.32 Å². The third kappa shape index (κ3) is 4.65. The molecule has 4 heterocycles. The van der Waals surface area contributed by atoms with Crippen LogP contribution in [0.4, 0.5) is 0 Å². The molecule has 0 bridgehead atoms. The number of nitrogens with zero attached hydrogens (tertiary/aromatic N) is 4. The van der Waals surface area contributed by atoms with Crippen LogP contribution >= 0.6 is 23.2 Å². The highest BCUT2D eigenvalue weighted by atomic mass is 35.5. The Labute approximate surface area is 212 Å². The number of halogens is 2. The normalized spacial score (nSPS) is 11.2. The van der Waals surface area contributed by atoms with Crippen molar-refractivity contribution in [3.8, 4) is 22.4 Å². The van der Waals surface area contributed by atoms with E-state index in [-0.39, 0.29) is 12.5 Å². The molecule has 9 heteroatoms. The molecule has 1 amide bonds. The number of carbonyl (C=O) groups is 1. The third-order valence-corrected chi connectivity index (χ3v) is 6.40. The largest absolute Gasteiger partial charge is 0.346 e. The molecule has 0 unspecified atom stereocenters. The molecule has 0 aliphatic carbocycles. The Balaban J connectivity index is 1.48. The number of carbonyl (C=O) groups excluding carboxylic acids is 1. The van der Waals surface area contributed by atoms with Gasteiger partial charge in [0, 0.05) is 51.7 Å². The van der Waals surface area contributed by atoms with Crippen molar-refractivity contribution in [2.45, 2.75) is 20.4 Å². The predicted octanol–water partition coefficient (Wildman–Crippen LogP) is 5.88. The van der Waals surface area contributed by atoms with E-state index in [4.69, 9.17) is 23.2 Å². The minimum atomic E-state index is -0.271. The van der Waals surface area contributed by atoms with E-state index in [1.807, 2.05) is 32.3 Å². The fourth-order valence-corrected chi connectivity index (χ4v) is 4.55. The highest BCUT2D eigenvalue weighted by molar-refractivity contribution is 6.35. The molecule has 0 atom stereocenters. The van der Waals surface area contributed by atoms with Crippen LogP contribution in [-0.4, -0.2) is 30.6 Å². The number of nitrogens with one attached hydrogen (secondary N) is 2. The minimum Gasteiger partial charge on any atom is -0.346 e. The number of aromatic nitrogens is 5. The summed E-state index contributed by atoms with van der Waals surface area (Å²) in [4.78, 5) is 26.0. The first-order chi connectivity index (χ1) is 16.8. The number of aryl methyl sites for hydroxylation is 3. The van der Waals surface area contributed by atoms with Crippen LogP contribution in [0.1, 0.15) is 27.3 Å². The second kappa shape index (κ2) is 9.17. The molecule has 0 aliphatic heterocycles. The lowest BCUT2D eigenvalue weighted by Crippen LogP contribution is -2.24. The van der Waals surface area contributed by atoms with Crippen LogP contribution in [0.2, 0.25) is 10.0 Å². The SMILES string of the molecule is Cc1[nH]c2nc(CNC(=O)c3cc(-c4cc(Cl)cc(Cl)c4)cnc3-c3cnn(C)c3)ccc2c1C. The maximum atomic E-state index is 13.4. The molecular formula is C26H22Cl2N6O. The Kier molecular flexibility index (Phi) is 6.05. The van der Waals surface area contributed by atoms with Gasteiger partial charge in [0.05, 0.1) is 29.7 Å². The van der Waals surface area contributed by atoms with Crippen molar-refractivity contribution in [3.63, 3.8) is 0 Å². The van der Waals surface area contributed by atoms with E-state index in [1.54, 1.807) is 41.3 Å². The smallest absolute Gasteiger partial charge is 0.253 e. The minimum absolute atomic E-state index is 0.269. The van der Waals surface area contributed by atoms with E-state index in [2.05, 4.69) is 32.3 Å². The number of hydrogen-bond donors (Lipinski definition) is 2. The summed E-state index contributed by atoms with van der Waals surface area (Å²) in [5.41, 5.74) is 7.00. The molecule has 0 saturated carbocycles. The first kappa shape index (κ1) is 23.1. The zero-order valence-electron chi connectivity index (χ0n) is 19.4. The highest BCUT2D eigenvalue weighted by Gasteiger charge is 2.18. The summed E-state index contributed by atoms with van der Waals surface area (Å²) in [6.45, 7) is 4.35. The first-order valence-electron chi connectivity index (χ1n) is 11.0. The van der Waals surface area contributed by atoms with Crippen molar-refractivity contribution in [3.05, 3.63) is 87.5 Å². The average Bonchev–Trinajstić information content (AvgIpc) is 3.38. The van der Waals surface area contributed by atoms with Gasteiger partial charge in [-0.2, -0.15) is 5.10 Å². The Morgan fingerprint density at radius 3 is 2.51 bits per heavy atom. The topological polar surface area (TPSA) is 88.5 Å². The van der Waals surface area contributed by atoms with E-state index < -0.39 is 0 Å². The maximum Gasteiger partial charge on any atom is 0.253 e. The molecule has 176 valence electrons. The summed E-state index contributed by atoms with van der Waals surface area (Å²) in [5.74, 6) is -0.271. The third-order valence-electron chi connectivity index (χ3n) is 5.96. The maximum absolute atomic E-state index is 13.4. The van der Waals surface area contributed by atoms with Gasteiger partial charge in [-0.25, -0.2) is 4.98 Å². The fourth-order valence-electron chi connectivity index (χ4n) is 4.03. The van der Waals surface area contributed by atoms with E-state index in [0.29, 0.717) is 21.3 Å². The molecule has 2 N–H and O–H groups in total. The van der Waals surface area contributed by atoms with Crippen molar-refractivity contribution in [1.82, 2.24) is 30.0 Å². The van der Waals surface area contributed by atoms with Crippen LogP contribution in [0.15, 0.2) is 55.0 Å². The van der Waals surface area contributed by atoms with Gasteiger partial charge in [-0.1, -0.05) is 23.2 Å². The van der Waals surface area contributed by atoms with Gasteiger partial charge in [0.15, 0.2) is 0 Å². The van der Waals surface area contributed by atoms with E-state index in [0.717, 1.165) is 39.1 Å². The van der Waals surface area contributed by atoms with Crippen molar-refractivity contribution in [2.75, 3.05) is 0 Å². The molecule has 1 aromatic carbocycles. The van der Waals surface area contributed by atoms with E-state index in [9.17, 15) is 4.79 Å². The predicted molar refractivity (Wildman–Crippen MR) is 139 cm³/mol. The molecule has 0 saturated heterocycles. The molecule has 0 aliphatic rings. The number of rotatable bonds is 5. The molecule has 0 spiro atoms. The van der Waals surface area contributed by atoms with Gasteiger partial charge in [0.2, 0.25) is 0 Å². The van der Waals surface area contributed by atoms with Gasteiger partial charge in [0.25, 0.3) is 5.91 Å². The molecule has 35 heavy (non-hydrogen) atoms. The van der Waals surface area contributed by atoms with Gasteiger partial charge in [-0.05, 0) is 61.4 Å². The van der Waals surface area contributed by atoms with Crippen molar-refractivity contribution < 1.29 is 4.79 Å². The Morgan fingerprint density at radius 1 is 1.03 bits per heavy atom. The summed E-state index contributed by atoms with van der Waals surface area (Å²) < 4.78 is 1.67. The van der Waals surface area contributed by atoms with Gasteiger partial charge in [-0.3, -0.25) is 14.5 Å². The van der Waals surface area contributed by atoms with Gasteiger partial charge in [0.1, 0.15) is 5.65 Å². The molecule has 7 nitrogen and oxygen atoms in total. The highest BCUT2D eigenvalue weighted by Crippen LogP contribution is 2.30.